The van der Waals surface area contributed by atoms with E-state index in [0.29, 0.717) is 0 Å². The lowest BCUT2D eigenvalue weighted by atomic mass is 9.73. The molecule has 1 amide bonds. The number of aryl methyl sites for hydroxylation is 1. The second-order valence-electron chi connectivity index (χ2n) is 8.04. The van der Waals surface area contributed by atoms with Crippen molar-refractivity contribution in [3.05, 3.63) is 23.3 Å². The normalized spacial score (nSPS) is 19.4. The Balaban J connectivity index is 1.84. The maximum absolute atomic E-state index is 12.5. The van der Waals surface area contributed by atoms with Gasteiger partial charge in [-0.2, -0.15) is 0 Å². The highest BCUT2D eigenvalue weighted by Crippen LogP contribution is 2.47. The monoisotopic (exact) mass is 316 g/mol. The lowest BCUT2D eigenvalue weighted by molar-refractivity contribution is -0.141. The third kappa shape index (κ3) is 2.68. The molecule has 0 bridgehead atoms. The number of hydrogen-bond donors (Lipinski definition) is 1. The Kier molecular flexibility index (Phi) is 3.81. The van der Waals surface area contributed by atoms with Crippen LogP contribution >= 0.6 is 0 Å². The van der Waals surface area contributed by atoms with Crippen LogP contribution in [0.2, 0.25) is 0 Å². The number of nitrogens with zero attached hydrogens (tertiary/aromatic N) is 1. The number of rotatable bonds is 1. The van der Waals surface area contributed by atoms with Gasteiger partial charge in [0.2, 0.25) is 5.91 Å². The Labute approximate surface area is 139 Å². The van der Waals surface area contributed by atoms with Gasteiger partial charge >= 0.3 is 0 Å². The fraction of sp³-hybridized carbons (Fsp3) is 0.632. The molecule has 0 aromatic heterocycles. The van der Waals surface area contributed by atoms with Gasteiger partial charge in [0.15, 0.2) is 0 Å². The highest BCUT2D eigenvalue weighted by Gasteiger charge is 2.44. The topological polar surface area (TPSA) is 41.6 Å². The average molecular weight is 316 g/mol. The first kappa shape index (κ1) is 16.2. The third-order valence-electron chi connectivity index (χ3n) is 5.37. The minimum absolute atomic E-state index is 0.142. The molecular formula is C19H28N2O2. The molecule has 23 heavy (non-hydrogen) atoms. The van der Waals surface area contributed by atoms with Crippen LogP contribution in [0.15, 0.2) is 12.1 Å². The number of ether oxygens (including phenoxy) is 1. The standard InChI is InChI=1S/C19H28N2O2/c1-13-10-14(23-5)11-15-16(13)20-12-19(15)6-8-21(9-7-19)17(22)18(2,3)4/h10-11,20H,6-9,12H2,1-5H3. The summed E-state index contributed by atoms with van der Waals surface area (Å²) in [5, 5.41) is 3.60. The van der Waals surface area contributed by atoms with Gasteiger partial charge in [0.05, 0.1) is 7.11 Å². The maximum atomic E-state index is 12.5. The molecule has 126 valence electrons. The maximum Gasteiger partial charge on any atom is 0.227 e. The van der Waals surface area contributed by atoms with Crippen molar-refractivity contribution >= 4 is 11.6 Å². The molecule has 4 nitrogen and oxygen atoms in total. The first-order valence-electron chi connectivity index (χ1n) is 8.49. The van der Waals surface area contributed by atoms with Crippen LogP contribution in [0.25, 0.3) is 0 Å². The molecule has 4 heteroatoms. The van der Waals surface area contributed by atoms with Crippen molar-refractivity contribution in [3.63, 3.8) is 0 Å². The van der Waals surface area contributed by atoms with E-state index in [-0.39, 0.29) is 16.7 Å². The quantitative estimate of drug-likeness (QED) is 0.864. The molecule has 0 saturated carbocycles. The first-order valence-corrected chi connectivity index (χ1v) is 8.49. The van der Waals surface area contributed by atoms with E-state index in [0.717, 1.165) is 38.2 Å². The van der Waals surface area contributed by atoms with Crippen LogP contribution in [0.3, 0.4) is 0 Å². The van der Waals surface area contributed by atoms with Crippen LogP contribution in [0.5, 0.6) is 5.75 Å². The number of methoxy groups -OCH3 is 1. The highest BCUT2D eigenvalue weighted by atomic mass is 16.5. The van der Waals surface area contributed by atoms with Gasteiger partial charge in [0.1, 0.15) is 5.75 Å². The minimum Gasteiger partial charge on any atom is -0.497 e. The molecule has 2 aliphatic rings. The molecule has 2 aliphatic heterocycles. The number of benzene rings is 1. The van der Waals surface area contributed by atoms with E-state index >= 15 is 0 Å². The predicted molar refractivity (Wildman–Crippen MR) is 93.2 cm³/mol. The largest absolute Gasteiger partial charge is 0.497 e. The number of nitrogens with one attached hydrogen (secondary N) is 1. The summed E-state index contributed by atoms with van der Waals surface area (Å²) < 4.78 is 5.47. The van der Waals surface area contributed by atoms with Crippen LogP contribution in [0.1, 0.15) is 44.7 Å². The first-order chi connectivity index (χ1) is 10.8. The van der Waals surface area contributed by atoms with E-state index in [1.54, 1.807) is 7.11 Å². The second kappa shape index (κ2) is 5.43. The number of piperidine rings is 1. The van der Waals surface area contributed by atoms with Crippen molar-refractivity contribution in [2.24, 2.45) is 5.41 Å². The van der Waals surface area contributed by atoms with Gasteiger partial charge in [-0.3, -0.25) is 4.79 Å². The Bertz CT molecular complexity index is 623. The van der Waals surface area contributed by atoms with Crippen molar-refractivity contribution < 1.29 is 9.53 Å². The van der Waals surface area contributed by atoms with Crippen LogP contribution in [0.4, 0.5) is 5.69 Å². The van der Waals surface area contributed by atoms with Crippen molar-refractivity contribution in [3.8, 4) is 5.75 Å². The third-order valence-corrected chi connectivity index (χ3v) is 5.37. The lowest BCUT2D eigenvalue weighted by Crippen LogP contribution is -2.49. The SMILES string of the molecule is COc1cc(C)c2c(c1)C1(CCN(C(=O)C(C)(C)C)CC1)CN2. The molecule has 1 N–H and O–H groups in total. The van der Waals surface area contributed by atoms with Crippen molar-refractivity contribution in [1.82, 2.24) is 4.90 Å². The summed E-state index contributed by atoms with van der Waals surface area (Å²) in [4.78, 5) is 14.6. The van der Waals surface area contributed by atoms with Crippen LogP contribution in [0, 0.1) is 12.3 Å². The molecule has 0 radical (unpaired) electrons. The van der Waals surface area contributed by atoms with Crippen LogP contribution in [-0.2, 0) is 10.2 Å². The van der Waals surface area contributed by atoms with Gasteiger partial charge < -0.3 is 15.0 Å². The Morgan fingerprint density at radius 3 is 2.48 bits per heavy atom. The zero-order valence-electron chi connectivity index (χ0n) is 15.0. The van der Waals surface area contributed by atoms with Gasteiger partial charge in [0, 0.05) is 36.2 Å². The Morgan fingerprint density at radius 2 is 1.91 bits per heavy atom. The van der Waals surface area contributed by atoms with Gasteiger partial charge in [-0.05, 0) is 43.0 Å². The fourth-order valence-electron chi connectivity index (χ4n) is 3.94. The van der Waals surface area contributed by atoms with Crippen molar-refractivity contribution in [2.75, 3.05) is 32.1 Å². The summed E-state index contributed by atoms with van der Waals surface area (Å²) in [6.07, 6.45) is 2.03. The number of likely N-dealkylation sites (tertiary alicyclic amines) is 1. The number of carbonyl (C=O) groups excluding carboxylic acids is 1. The molecule has 0 atom stereocenters. The molecule has 1 aromatic carbocycles. The highest BCUT2D eigenvalue weighted by molar-refractivity contribution is 5.81. The zero-order chi connectivity index (χ0) is 16.8. The molecule has 1 saturated heterocycles. The number of hydrogen-bond acceptors (Lipinski definition) is 3. The van der Waals surface area contributed by atoms with Crippen LogP contribution in [-0.4, -0.2) is 37.6 Å². The Hall–Kier alpha value is -1.71. The molecule has 2 heterocycles. The number of carbonyl (C=O) groups is 1. The summed E-state index contributed by atoms with van der Waals surface area (Å²) in [5.41, 5.74) is 3.72. The van der Waals surface area contributed by atoms with Crippen LogP contribution < -0.4 is 10.1 Å². The van der Waals surface area contributed by atoms with Gasteiger partial charge in [-0.25, -0.2) is 0 Å². The van der Waals surface area contributed by atoms with Gasteiger partial charge in [-0.15, -0.1) is 0 Å². The molecule has 0 unspecified atom stereocenters. The lowest BCUT2D eigenvalue weighted by Gasteiger charge is -2.41. The number of amides is 1. The predicted octanol–water partition coefficient (Wildman–Crippen LogP) is 3.34. The summed E-state index contributed by atoms with van der Waals surface area (Å²) in [6.45, 7) is 10.8. The van der Waals surface area contributed by atoms with Crippen molar-refractivity contribution in [2.45, 2.75) is 46.0 Å². The summed E-state index contributed by atoms with van der Waals surface area (Å²) >= 11 is 0. The molecule has 1 spiro atoms. The van der Waals surface area contributed by atoms with Gasteiger partial charge in [0.25, 0.3) is 0 Å². The smallest absolute Gasteiger partial charge is 0.227 e. The zero-order valence-corrected chi connectivity index (χ0v) is 15.0. The second-order valence-corrected chi connectivity index (χ2v) is 8.04. The van der Waals surface area contributed by atoms with Gasteiger partial charge in [-0.1, -0.05) is 20.8 Å². The summed E-state index contributed by atoms with van der Waals surface area (Å²) in [6, 6.07) is 4.27. The van der Waals surface area contributed by atoms with E-state index < -0.39 is 0 Å². The fourth-order valence-corrected chi connectivity index (χ4v) is 3.94. The van der Waals surface area contributed by atoms with E-state index in [1.165, 1.54) is 16.8 Å². The van der Waals surface area contributed by atoms with E-state index in [1.807, 2.05) is 25.7 Å². The molecular weight excluding hydrogens is 288 g/mol. The van der Waals surface area contributed by atoms with E-state index in [4.69, 9.17) is 4.74 Å². The van der Waals surface area contributed by atoms with E-state index in [2.05, 4.69) is 24.4 Å². The van der Waals surface area contributed by atoms with Crippen molar-refractivity contribution in [1.29, 1.82) is 0 Å². The molecule has 1 fully saturated rings. The summed E-state index contributed by atoms with van der Waals surface area (Å²) in [7, 11) is 1.72. The number of fused-ring (bicyclic) bond motifs is 2. The van der Waals surface area contributed by atoms with E-state index in [9.17, 15) is 4.79 Å². The molecule has 0 aliphatic carbocycles. The number of anilines is 1. The average Bonchev–Trinajstić information content (AvgIpc) is 2.86. The molecule has 3 rings (SSSR count). The molecule has 1 aromatic rings. The Morgan fingerprint density at radius 1 is 1.26 bits per heavy atom. The minimum atomic E-state index is -0.295. The summed E-state index contributed by atoms with van der Waals surface area (Å²) in [5.74, 6) is 1.19.